The molecular weight excluding hydrogens is 244 g/mol. The summed E-state index contributed by atoms with van der Waals surface area (Å²) in [4.78, 5) is 27.8. The number of rotatable bonds is 3. The molecule has 0 aromatic heterocycles. The summed E-state index contributed by atoms with van der Waals surface area (Å²) in [6.07, 6.45) is 0.966. The molecule has 1 saturated heterocycles. The molecular formula is C14H26N2O3. The van der Waals surface area contributed by atoms with Crippen molar-refractivity contribution in [2.45, 2.75) is 40.2 Å². The molecule has 0 spiro atoms. The third-order valence-electron chi connectivity index (χ3n) is 3.92. The number of hydrogen-bond acceptors (Lipinski definition) is 3. The fraction of sp³-hybridized carbons (Fsp3) is 0.857. The summed E-state index contributed by atoms with van der Waals surface area (Å²) in [5, 5.41) is 9.33. The van der Waals surface area contributed by atoms with Gasteiger partial charge in [-0.3, -0.25) is 14.5 Å². The summed E-state index contributed by atoms with van der Waals surface area (Å²) in [6, 6.07) is 0.326. The Bertz CT molecular complexity index is 349. The molecule has 5 nitrogen and oxygen atoms in total. The zero-order valence-corrected chi connectivity index (χ0v) is 12.6. The zero-order valence-electron chi connectivity index (χ0n) is 12.6. The van der Waals surface area contributed by atoms with E-state index in [0.717, 1.165) is 13.0 Å². The molecule has 2 unspecified atom stereocenters. The zero-order chi connectivity index (χ0) is 14.8. The average Bonchev–Trinajstić information content (AvgIpc) is 2.27. The first-order chi connectivity index (χ1) is 8.68. The highest BCUT2D eigenvalue weighted by Crippen LogP contribution is 2.28. The van der Waals surface area contributed by atoms with Gasteiger partial charge in [-0.25, -0.2) is 0 Å². The van der Waals surface area contributed by atoms with Crippen molar-refractivity contribution < 1.29 is 14.7 Å². The Kier molecular flexibility index (Phi) is 4.96. The van der Waals surface area contributed by atoms with Gasteiger partial charge < -0.3 is 10.0 Å². The maximum Gasteiger partial charge on any atom is 0.316 e. The van der Waals surface area contributed by atoms with E-state index in [4.69, 9.17) is 0 Å². The molecule has 1 fully saturated rings. The van der Waals surface area contributed by atoms with E-state index in [1.54, 1.807) is 25.7 Å². The number of carbonyl (C=O) groups is 2. The Morgan fingerprint density at radius 1 is 1.32 bits per heavy atom. The van der Waals surface area contributed by atoms with Crippen molar-refractivity contribution in [1.82, 2.24) is 9.80 Å². The largest absolute Gasteiger partial charge is 0.481 e. The van der Waals surface area contributed by atoms with E-state index >= 15 is 0 Å². The standard InChI is InChI=1S/C14H26N2O3/c1-6-10-9-16(8-7-15(10)5)12(17)11(13(18)19)14(2,3)4/h10-11H,6-9H2,1-5H3,(H,18,19). The normalized spacial score (nSPS) is 23.2. The minimum atomic E-state index is -1.02. The van der Waals surface area contributed by atoms with Crippen molar-refractivity contribution >= 4 is 11.9 Å². The van der Waals surface area contributed by atoms with Crippen LogP contribution in [0.1, 0.15) is 34.1 Å². The number of carboxylic acid groups (broad SMARTS) is 1. The first-order valence-electron chi connectivity index (χ1n) is 6.90. The van der Waals surface area contributed by atoms with E-state index in [9.17, 15) is 14.7 Å². The van der Waals surface area contributed by atoms with Crippen LogP contribution in [0, 0.1) is 11.3 Å². The van der Waals surface area contributed by atoms with Crippen LogP contribution in [0.4, 0.5) is 0 Å². The van der Waals surface area contributed by atoms with Gasteiger partial charge in [0.15, 0.2) is 0 Å². The number of nitrogens with zero attached hydrogens (tertiary/aromatic N) is 2. The third kappa shape index (κ3) is 3.69. The highest BCUT2D eigenvalue weighted by atomic mass is 16.4. The van der Waals surface area contributed by atoms with Crippen LogP contribution in [0.5, 0.6) is 0 Å². The second-order valence-electron chi connectivity index (χ2n) is 6.46. The van der Waals surface area contributed by atoms with Crippen molar-refractivity contribution in [2.24, 2.45) is 11.3 Å². The molecule has 1 aliphatic heterocycles. The highest BCUT2D eigenvalue weighted by molar-refractivity contribution is 5.97. The van der Waals surface area contributed by atoms with Crippen LogP contribution in [0.15, 0.2) is 0 Å². The molecule has 0 aromatic carbocycles. The van der Waals surface area contributed by atoms with Gasteiger partial charge in [-0.1, -0.05) is 27.7 Å². The Morgan fingerprint density at radius 3 is 2.32 bits per heavy atom. The summed E-state index contributed by atoms with van der Waals surface area (Å²) in [7, 11) is 2.05. The monoisotopic (exact) mass is 270 g/mol. The van der Waals surface area contributed by atoms with Crippen LogP contribution in [0.3, 0.4) is 0 Å². The van der Waals surface area contributed by atoms with Crippen LogP contribution in [0.25, 0.3) is 0 Å². The molecule has 1 amide bonds. The fourth-order valence-electron chi connectivity index (χ4n) is 2.62. The smallest absolute Gasteiger partial charge is 0.316 e. The highest BCUT2D eigenvalue weighted by Gasteiger charge is 2.41. The van der Waals surface area contributed by atoms with Gasteiger partial charge in [0.25, 0.3) is 0 Å². The van der Waals surface area contributed by atoms with Gasteiger partial charge in [-0.05, 0) is 18.9 Å². The predicted octanol–water partition coefficient (Wildman–Crippen LogP) is 1.29. The van der Waals surface area contributed by atoms with Gasteiger partial charge in [0.05, 0.1) is 0 Å². The maximum absolute atomic E-state index is 12.5. The summed E-state index contributed by atoms with van der Waals surface area (Å²) < 4.78 is 0. The first-order valence-corrected chi connectivity index (χ1v) is 6.90. The van der Waals surface area contributed by atoms with Gasteiger partial charge in [0, 0.05) is 25.7 Å². The quantitative estimate of drug-likeness (QED) is 0.785. The molecule has 1 N–H and O–H groups in total. The van der Waals surface area contributed by atoms with Crippen molar-refractivity contribution in [1.29, 1.82) is 0 Å². The van der Waals surface area contributed by atoms with E-state index in [1.807, 2.05) is 0 Å². The van der Waals surface area contributed by atoms with Gasteiger partial charge in [-0.2, -0.15) is 0 Å². The molecule has 1 rings (SSSR count). The second-order valence-corrected chi connectivity index (χ2v) is 6.46. The number of amides is 1. The summed E-state index contributed by atoms with van der Waals surface area (Å²) in [5.41, 5.74) is -0.562. The van der Waals surface area contributed by atoms with Crippen molar-refractivity contribution in [3.63, 3.8) is 0 Å². The lowest BCUT2D eigenvalue weighted by Gasteiger charge is -2.41. The van der Waals surface area contributed by atoms with E-state index in [0.29, 0.717) is 19.1 Å². The Balaban J connectivity index is 2.84. The van der Waals surface area contributed by atoms with Crippen LogP contribution in [-0.4, -0.2) is 59.5 Å². The third-order valence-corrected chi connectivity index (χ3v) is 3.92. The summed E-state index contributed by atoms with van der Waals surface area (Å²) >= 11 is 0. The molecule has 110 valence electrons. The van der Waals surface area contributed by atoms with E-state index in [1.165, 1.54) is 0 Å². The number of hydrogen-bond donors (Lipinski definition) is 1. The lowest BCUT2D eigenvalue weighted by molar-refractivity contribution is -0.157. The van der Waals surface area contributed by atoms with E-state index < -0.39 is 17.3 Å². The lowest BCUT2D eigenvalue weighted by Crippen LogP contribution is -2.56. The minimum Gasteiger partial charge on any atom is -0.481 e. The van der Waals surface area contributed by atoms with Crippen LogP contribution < -0.4 is 0 Å². The molecule has 0 saturated carbocycles. The Labute approximate surface area is 115 Å². The van der Waals surface area contributed by atoms with Crippen LogP contribution in [-0.2, 0) is 9.59 Å². The van der Waals surface area contributed by atoms with Gasteiger partial charge in [-0.15, -0.1) is 0 Å². The predicted molar refractivity (Wildman–Crippen MR) is 73.9 cm³/mol. The number of likely N-dealkylation sites (N-methyl/N-ethyl adjacent to an activating group) is 1. The van der Waals surface area contributed by atoms with Crippen molar-refractivity contribution in [3.05, 3.63) is 0 Å². The van der Waals surface area contributed by atoms with Crippen molar-refractivity contribution in [3.8, 4) is 0 Å². The number of carbonyl (C=O) groups excluding carboxylic acids is 1. The molecule has 19 heavy (non-hydrogen) atoms. The van der Waals surface area contributed by atoms with Gasteiger partial charge in [0.2, 0.25) is 5.91 Å². The van der Waals surface area contributed by atoms with Gasteiger partial charge >= 0.3 is 5.97 Å². The Hall–Kier alpha value is -1.10. The van der Waals surface area contributed by atoms with Crippen LogP contribution in [0.2, 0.25) is 0 Å². The molecule has 2 atom stereocenters. The molecule has 0 radical (unpaired) electrons. The van der Waals surface area contributed by atoms with E-state index in [2.05, 4.69) is 18.9 Å². The maximum atomic E-state index is 12.5. The average molecular weight is 270 g/mol. The summed E-state index contributed by atoms with van der Waals surface area (Å²) in [5.74, 6) is -2.23. The van der Waals surface area contributed by atoms with Crippen molar-refractivity contribution in [2.75, 3.05) is 26.7 Å². The fourth-order valence-corrected chi connectivity index (χ4v) is 2.62. The molecule has 1 heterocycles. The SMILES string of the molecule is CCC1CN(C(=O)C(C(=O)O)C(C)(C)C)CCN1C. The molecule has 0 aliphatic carbocycles. The molecule has 0 aromatic rings. The Morgan fingerprint density at radius 2 is 1.89 bits per heavy atom. The second kappa shape index (κ2) is 5.90. The first kappa shape index (κ1) is 16.0. The lowest BCUT2D eigenvalue weighted by atomic mass is 9.79. The van der Waals surface area contributed by atoms with Crippen LogP contribution >= 0.6 is 0 Å². The topological polar surface area (TPSA) is 60.9 Å². The summed E-state index contributed by atoms with van der Waals surface area (Å²) in [6.45, 7) is 9.55. The van der Waals surface area contributed by atoms with Gasteiger partial charge in [0.1, 0.15) is 5.92 Å². The number of aliphatic carboxylic acids is 1. The minimum absolute atomic E-state index is 0.244. The number of carboxylic acids is 1. The number of piperazine rings is 1. The van der Waals surface area contributed by atoms with E-state index in [-0.39, 0.29) is 5.91 Å². The molecule has 0 bridgehead atoms. The molecule has 5 heteroatoms. The molecule has 1 aliphatic rings.